The number of halogens is 1. The maximum Gasteiger partial charge on any atom is 0.232 e. The van der Waals surface area contributed by atoms with E-state index < -0.39 is 10.8 Å². The van der Waals surface area contributed by atoms with Crippen LogP contribution < -0.4 is 5.32 Å². The molecule has 1 unspecified atom stereocenters. The highest BCUT2D eigenvalue weighted by Crippen LogP contribution is 2.28. The first-order valence-corrected chi connectivity index (χ1v) is 10.3. The van der Waals surface area contributed by atoms with Crippen molar-refractivity contribution in [3.63, 3.8) is 0 Å². The Balaban J connectivity index is 1.58. The monoisotopic (exact) mass is 402 g/mol. The molecule has 0 fully saturated rings. The van der Waals surface area contributed by atoms with Gasteiger partial charge < -0.3 is 9.73 Å². The Bertz CT molecular complexity index is 957. The van der Waals surface area contributed by atoms with Gasteiger partial charge in [-0.2, -0.15) is 0 Å². The zero-order valence-corrected chi connectivity index (χ0v) is 16.3. The van der Waals surface area contributed by atoms with Gasteiger partial charge in [0, 0.05) is 17.3 Å². The molecule has 1 N–H and O–H groups in total. The first-order chi connectivity index (χ1) is 13.0. The highest BCUT2D eigenvalue weighted by Gasteiger charge is 2.17. The number of amides is 1. The van der Waals surface area contributed by atoms with Crippen molar-refractivity contribution in [1.29, 1.82) is 0 Å². The molecule has 0 aliphatic carbocycles. The SMILES string of the molecule is Cc1oc(-c2ccccc2Cl)nc1CS(=O)CC(=O)NCc1ccccc1. The van der Waals surface area contributed by atoms with Crippen molar-refractivity contribution in [3.05, 3.63) is 76.6 Å². The molecule has 0 saturated heterocycles. The second-order valence-corrected chi connectivity index (χ2v) is 7.86. The first kappa shape index (κ1) is 19.3. The Labute approximate surface area is 165 Å². The van der Waals surface area contributed by atoms with Gasteiger partial charge in [0.1, 0.15) is 11.5 Å². The number of carbonyl (C=O) groups excluding carboxylic acids is 1. The second kappa shape index (κ2) is 8.97. The molecular formula is C20H19ClN2O3S. The van der Waals surface area contributed by atoms with Crippen LogP contribution in [0.25, 0.3) is 11.5 Å². The van der Waals surface area contributed by atoms with Crippen LogP contribution in [-0.4, -0.2) is 20.9 Å². The van der Waals surface area contributed by atoms with Gasteiger partial charge in [-0.25, -0.2) is 4.98 Å². The Hall–Kier alpha value is -2.44. The molecule has 5 nitrogen and oxygen atoms in total. The summed E-state index contributed by atoms with van der Waals surface area (Å²) in [6.07, 6.45) is 0. The van der Waals surface area contributed by atoms with E-state index >= 15 is 0 Å². The van der Waals surface area contributed by atoms with Crippen molar-refractivity contribution >= 4 is 28.3 Å². The van der Waals surface area contributed by atoms with Crippen molar-refractivity contribution in [2.45, 2.75) is 19.2 Å². The van der Waals surface area contributed by atoms with Gasteiger partial charge in [0.25, 0.3) is 0 Å². The lowest BCUT2D eigenvalue weighted by Crippen LogP contribution is -2.28. The van der Waals surface area contributed by atoms with E-state index in [9.17, 15) is 9.00 Å². The van der Waals surface area contributed by atoms with E-state index in [0.29, 0.717) is 34.5 Å². The van der Waals surface area contributed by atoms with Crippen LogP contribution in [0.1, 0.15) is 17.0 Å². The van der Waals surface area contributed by atoms with E-state index in [-0.39, 0.29) is 17.4 Å². The fourth-order valence-corrected chi connectivity index (χ4v) is 3.79. The highest BCUT2D eigenvalue weighted by molar-refractivity contribution is 7.84. The molecule has 0 bridgehead atoms. The average Bonchev–Trinajstić information content (AvgIpc) is 3.01. The molecule has 0 spiro atoms. The van der Waals surface area contributed by atoms with Gasteiger partial charge in [-0.05, 0) is 24.6 Å². The van der Waals surface area contributed by atoms with Crippen LogP contribution in [0.15, 0.2) is 59.0 Å². The maximum absolute atomic E-state index is 12.3. The topological polar surface area (TPSA) is 72.2 Å². The summed E-state index contributed by atoms with van der Waals surface area (Å²) in [5, 5.41) is 3.31. The van der Waals surface area contributed by atoms with Gasteiger partial charge in [0.2, 0.25) is 11.8 Å². The van der Waals surface area contributed by atoms with E-state index in [1.807, 2.05) is 48.5 Å². The van der Waals surface area contributed by atoms with Crippen molar-refractivity contribution in [2.75, 3.05) is 5.75 Å². The van der Waals surface area contributed by atoms with Crippen LogP contribution in [-0.2, 0) is 27.9 Å². The van der Waals surface area contributed by atoms with Gasteiger partial charge in [0.05, 0.1) is 22.0 Å². The Morgan fingerprint density at radius 1 is 1.15 bits per heavy atom. The largest absolute Gasteiger partial charge is 0.441 e. The van der Waals surface area contributed by atoms with Crippen LogP contribution in [0, 0.1) is 6.92 Å². The molecule has 140 valence electrons. The molecule has 3 aromatic rings. The number of benzene rings is 2. The number of aryl methyl sites for hydroxylation is 1. The van der Waals surface area contributed by atoms with Crippen molar-refractivity contribution in [1.82, 2.24) is 10.3 Å². The quantitative estimate of drug-likeness (QED) is 0.651. The predicted octanol–water partition coefficient (Wildman–Crippen LogP) is 3.87. The number of carbonyl (C=O) groups is 1. The predicted molar refractivity (Wildman–Crippen MR) is 107 cm³/mol. The van der Waals surface area contributed by atoms with E-state index in [0.717, 1.165) is 5.56 Å². The lowest BCUT2D eigenvalue weighted by atomic mass is 10.2. The third-order valence-corrected chi connectivity index (χ3v) is 5.43. The van der Waals surface area contributed by atoms with Gasteiger partial charge >= 0.3 is 0 Å². The molecule has 2 aromatic carbocycles. The lowest BCUT2D eigenvalue weighted by Gasteiger charge is -2.05. The summed E-state index contributed by atoms with van der Waals surface area (Å²) in [7, 11) is -1.39. The molecule has 1 aromatic heterocycles. The van der Waals surface area contributed by atoms with Crippen LogP contribution in [0.2, 0.25) is 5.02 Å². The number of rotatable bonds is 7. The minimum Gasteiger partial charge on any atom is -0.441 e. The number of hydrogen-bond donors (Lipinski definition) is 1. The van der Waals surface area contributed by atoms with Crippen LogP contribution in [0.4, 0.5) is 0 Å². The van der Waals surface area contributed by atoms with E-state index in [2.05, 4.69) is 10.3 Å². The first-order valence-electron chi connectivity index (χ1n) is 8.39. The molecule has 0 saturated carbocycles. The second-order valence-electron chi connectivity index (χ2n) is 5.99. The van der Waals surface area contributed by atoms with Crippen molar-refractivity contribution in [3.8, 4) is 11.5 Å². The zero-order chi connectivity index (χ0) is 19.2. The summed E-state index contributed by atoms with van der Waals surface area (Å²) in [4.78, 5) is 16.4. The minimum absolute atomic E-state index is 0.0828. The Morgan fingerprint density at radius 2 is 1.85 bits per heavy atom. The summed E-state index contributed by atoms with van der Waals surface area (Å²) in [6, 6.07) is 16.8. The van der Waals surface area contributed by atoms with Gasteiger partial charge in [-0.1, -0.05) is 54.1 Å². The molecule has 0 aliphatic rings. The molecule has 1 heterocycles. The van der Waals surface area contributed by atoms with Gasteiger partial charge in [-0.15, -0.1) is 0 Å². The average molecular weight is 403 g/mol. The summed E-state index contributed by atoms with van der Waals surface area (Å²) in [5.41, 5.74) is 2.24. The molecule has 0 radical (unpaired) electrons. The highest BCUT2D eigenvalue weighted by atomic mass is 35.5. The molecular weight excluding hydrogens is 384 g/mol. The normalized spacial score (nSPS) is 11.9. The number of hydrogen-bond acceptors (Lipinski definition) is 4. The minimum atomic E-state index is -1.39. The van der Waals surface area contributed by atoms with Crippen LogP contribution in [0.5, 0.6) is 0 Å². The summed E-state index contributed by atoms with van der Waals surface area (Å²) in [6.45, 7) is 2.17. The number of nitrogens with one attached hydrogen (secondary N) is 1. The van der Waals surface area contributed by atoms with Gasteiger partial charge in [-0.3, -0.25) is 9.00 Å². The molecule has 1 amide bonds. The van der Waals surface area contributed by atoms with Gasteiger partial charge in [0.15, 0.2) is 0 Å². The molecule has 27 heavy (non-hydrogen) atoms. The third kappa shape index (κ3) is 5.28. The summed E-state index contributed by atoms with van der Waals surface area (Å²) in [5.74, 6) is 0.769. The zero-order valence-electron chi connectivity index (χ0n) is 14.8. The molecule has 3 rings (SSSR count). The Kier molecular flexibility index (Phi) is 6.42. The standard InChI is InChI=1S/C20H19ClN2O3S/c1-14-18(23-20(26-14)16-9-5-6-10-17(16)21)12-27(25)13-19(24)22-11-15-7-3-2-4-8-15/h2-10H,11-13H2,1H3,(H,22,24). The maximum atomic E-state index is 12.3. The van der Waals surface area contributed by atoms with Crippen LogP contribution in [0.3, 0.4) is 0 Å². The molecule has 1 atom stereocenters. The van der Waals surface area contributed by atoms with Crippen molar-refractivity contribution in [2.24, 2.45) is 0 Å². The van der Waals surface area contributed by atoms with Crippen LogP contribution >= 0.6 is 11.6 Å². The number of nitrogens with zero attached hydrogens (tertiary/aromatic N) is 1. The lowest BCUT2D eigenvalue weighted by molar-refractivity contribution is -0.118. The van der Waals surface area contributed by atoms with E-state index in [1.54, 1.807) is 13.0 Å². The smallest absolute Gasteiger partial charge is 0.232 e. The number of aromatic nitrogens is 1. The fraction of sp³-hybridized carbons (Fsp3) is 0.200. The summed E-state index contributed by atoms with van der Waals surface area (Å²) >= 11 is 6.17. The number of oxazole rings is 1. The summed E-state index contributed by atoms with van der Waals surface area (Å²) < 4.78 is 18.0. The Morgan fingerprint density at radius 3 is 2.59 bits per heavy atom. The van der Waals surface area contributed by atoms with Crippen molar-refractivity contribution < 1.29 is 13.4 Å². The molecule has 7 heteroatoms. The van der Waals surface area contributed by atoms with E-state index in [1.165, 1.54) is 0 Å². The molecule has 0 aliphatic heterocycles. The van der Waals surface area contributed by atoms with E-state index in [4.69, 9.17) is 16.0 Å². The fourth-order valence-electron chi connectivity index (χ4n) is 2.51. The third-order valence-electron chi connectivity index (χ3n) is 3.92.